The van der Waals surface area contributed by atoms with E-state index < -0.39 is 69.2 Å². The van der Waals surface area contributed by atoms with E-state index in [-0.39, 0.29) is 64.2 Å². The Kier molecular flexibility index (Phi) is 5.02. The Morgan fingerprint density at radius 2 is 1.69 bits per heavy atom. The molecule has 1 spiro atoms. The van der Waals surface area contributed by atoms with Gasteiger partial charge < -0.3 is 35.0 Å². The Morgan fingerprint density at radius 1 is 1.00 bits per heavy atom. The van der Waals surface area contributed by atoms with Crippen molar-refractivity contribution in [3.8, 4) is 17.2 Å². The van der Waals surface area contributed by atoms with Gasteiger partial charge in [-0.15, -0.1) is 0 Å². The van der Waals surface area contributed by atoms with Crippen LogP contribution < -0.4 is 4.74 Å². The second-order valence-corrected chi connectivity index (χ2v) is 11.3. The molecule has 0 radical (unpaired) electrons. The van der Waals surface area contributed by atoms with E-state index in [2.05, 4.69) is 0 Å². The fourth-order valence-corrected chi connectivity index (χ4v) is 7.29. The zero-order chi connectivity index (χ0) is 30.0. The molecule has 42 heavy (non-hydrogen) atoms. The van der Waals surface area contributed by atoms with E-state index in [0.717, 1.165) is 7.11 Å². The van der Waals surface area contributed by atoms with Gasteiger partial charge in [0.05, 0.1) is 35.2 Å². The molecule has 214 valence electrons. The van der Waals surface area contributed by atoms with Crippen LogP contribution in [-0.4, -0.2) is 67.7 Å². The van der Waals surface area contributed by atoms with Crippen LogP contribution in [0.2, 0.25) is 0 Å². The minimum absolute atomic E-state index is 0.0187. The molecule has 11 heteroatoms. The molecule has 5 aliphatic carbocycles. The summed E-state index contributed by atoms with van der Waals surface area (Å²) in [6.07, 6.45) is 0.684. The standard InChI is InChI=1S/C31H24O11/c1-11-7-14-20(16(33)8-11)25(37)23-24(36)13-5-6-30(23,28(14)39)10-12-9-17(34)21-26(38)22-15(32)3-4-18(35)31(22,29(40)41-2)42-27(21)19(12)13/h5-9,13,18,33-35,37-38H,3-4,10H2,1-2H3/t13-,18+,30?,31-/m0/s1. The number of benzene rings is 2. The highest BCUT2D eigenvalue weighted by molar-refractivity contribution is 6.23. The first-order chi connectivity index (χ1) is 19.9. The molecule has 1 unspecified atom stereocenters. The normalized spacial score (nSPS) is 28.8. The van der Waals surface area contributed by atoms with Crippen molar-refractivity contribution in [1.82, 2.24) is 0 Å². The number of aliphatic hydroxyl groups is 3. The second-order valence-electron chi connectivity index (χ2n) is 11.3. The van der Waals surface area contributed by atoms with Gasteiger partial charge in [-0.2, -0.15) is 0 Å². The van der Waals surface area contributed by atoms with Gasteiger partial charge in [0.1, 0.15) is 40.4 Å². The summed E-state index contributed by atoms with van der Waals surface area (Å²) in [6.45, 7) is 1.67. The molecule has 1 saturated carbocycles. The maximum absolute atomic E-state index is 14.2. The van der Waals surface area contributed by atoms with E-state index in [1.165, 1.54) is 30.4 Å². The van der Waals surface area contributed by atoms with Gasteiger partial charge in [-0.05, 0) is 49.1 Å². The van der Waals surface area contributed by atoms with Crippen molar-refractivity contribution < 1.29 is 54.2 Å². The van der Waals surface area contributed by atoms with Crippen molar-refractivity contribution in [3.05, 3.63) is 74.9 Å². The lowest BCUT2D eigenvalue weighted by Crippen LogP contribution is -2.61. The summed E-state index contributed by atoms with van der Waals surface area (Å²) in [7, 11) is 1.02. The number of aromatic hydroxyl groups is 2. The average Bonchev–Trinajstić information content (AvgIpc) is 3.16. The maximum Gasteiger partial charge on any atom is 0.358 e. The number of rotatable bonds is 1. The van der Waals surface area contributed by atoms with Crippen LogP contribution in [0, 0.1) is 12.3 Å². The molecule has 4 atom stereocenters. The molecule has 11 nitrogen and oxygen atoms in total. The van der Waals surface area contributed by atoms with Crippen LogP contribution >= 0.6 is 0 Å². The van der Waals surface area contributed by atoms with E-state index in [0.29, 0.717) is 5.56 Å². The molecule has 5 N–H and O–H groups in total. The summed E-state index contributed by atoms with van der Waals surface area (Å²) in [6, 6.07) is 4.12. The molecule has 8 rings (SSSR count). The molecule has 1 fully saturated rings. The summed E-state index contributed by atoms with van der Waals surface area (Å²) in [5.41, 5.74) is -4.64. The van der Waals surface area contributed by atoms with Crippen molar-refractivity contribution >= 4 is 34.8 Å². The number of aliphatic hydroxyl groups excluding tert-OH is 3. The van der Waals surface area contributed by atoms with Gasteiger partial charge in [0, 0.05) is 17.5 Å². The molecule has 6 aliphatic rings. The fraction of sp³-hybridized carbons (Fsp3) is 0.290. The van der Waals surface area contributed by atoms with Crippen molar-refractivity contribution in [2.75, 3.05) is 7.11 Å². The first kappa shape index (κ1) is 26.0. The minimum atomic E-state index is -2.48. The molecule has 0 amide bonds. The number of Topliss-reactive ketones (excluding diaryl/α,β-unsaturated/α-hetero) is 3. The van der Waals surface area contributed by atoms with Gasteiger partial charge in [0.25, 0.3) is 5.60 Å². The third-order valence-corrected chi connectivity index (χ3v) is 9.09. The summed E-state index contributed by atoms with van der Waals surface area (Å²) < 4.78 is 11.1. The first-order valence-corrected chi connectivity index (χ1v) is 13.3. The van der Waals surface area contributed by atoms with Crippen molar-refractivity contribution in [1.29, 1.82) is 0 Å². The molecule has 0 aromatic heterocycles. The van der Waals surface area contributed by atoms with Crippen molar-refractivity contribution in [2.45, 2.75) is 43.8 Å². The number of ether oxygens (including phenoxy) is 2. The number of esters is 1. The lowest BCUT2D eigenvalue weighted by Gasteiger charge is -2.43. The van der Waals surface area contributed by atoms with Gasteiger partial charge in [-0.3, -0.25) is 14.4 Å². The van der Waals surface area contributed by atoms with Gasteiger partial charge in [0.15, 0.2) is 17.3 Å². The number of phenols is 2. The van der Waals surface area contributed by atoms with Crippen LogP contribution in [0.5, 0.6) is 17.2 Å². The van der Waals surface area contributed by atoms with Gasteiger partial charge >= 0.3 is 5.97 Å². The largest absolute Gasteiger partial charge is 0.507 e. The molecule has 2 aromatic carbocycles. The number of phenolic OH excluding ortho intramolecular Hbond substituents is 2. The number of fused-ring (bicyclic) bond motifs is 3. The van der Waals surface area contributed by atoms with E-state index in [9.17, 15) is 44.7 Å². The molecule has 2 bridgehead atoms. The Labute approximate surface area is 237 Å². The summed E-state index contributed by atoms with van der Waals surface area (Å²) >= 11 is 0. The van der Waals surface area contributed by atoms with Crippen molar-refractivity contribution in [3.63, 3.8) is 0 Å². The number of hydrogen-bond acceptors (Lipinski definition) is 11. The number of allylic oxidation sites excluding steroid dienone is 3. The monoisotopic (exact) mass is 572 g/mol. The van der Waals surface area contributed by atoms with Crippen LogP contribution in [0.1, 0.15) is 56.9 Å². The van der Waals surface area contributed by atoms with Crippen LogP contribution in [0.25, 0.3) is 11.5 Å². The number of aryl methyl sites for hydroxylation is 1. The zero-order valence-electron chi connectivity index (χ0n) is 22.3. The minimum Gasteiger partial charge on any atom is -0.507 e. The lowest BCUT2D eigenvalue weighted by molar-refractivity contribution is -0.169. The van der Waals surface area contributed by atoms with Crippen LogP contribution in [0.4, 0.5) is 0 Å². The van der Waals surface area contributed by atoms with E-state index in [4.69, 9.17) is 9.47 Å². The highest BCUT2D eigenvalue weighted by Gasteiger charge is 2.63. The zero-order valence-corrected chi connectivity index (χ0v) is 22.3. The smallest absolute Gasteiger partial charge is 0.358 e. The van der Waals surface area contributed by atoms with E-state index in [1.54, 1.807) is 6.92 Å². The predicted molar refractivity (Wildman–Crippen MR) is 143 cm³/mol. The Bertz CT molecular complexity index is 1830. The Hall–Kier alpha value is -4.90. The fourth-order valence-electron chi connectivity index (χ4n) is 7.29. The SMILES string of the molecule is COC(=O)[C@@]12Oc3c(c(O)cc4c3[C@@H]3C=CC5(C4)C(=O)c4cc(C)cc(O)c4C(O)=C5C3=O)C(O)=C1C(=O)CC[C@H]2O. The Morgan fingerprint density at radius 3 is 2.40 bits per heavy atom. The molecule has 0 saturated heterocycles. The highest BCUT2D eigenvalue weighted by Crippen LogP contribution is 2.59. The van der Waals surface area contributed by atoms with Gasteiger partial charge in [-0.25, -0.2) is 4.79 Å². The van der Waals surface area contributed by atoms with Crippen molar-refractivity contribution in [2.24, 2.45) is 5.41 Å². The van der Waals surface area contributed by atoms with Crippen LogP contribution in [-0.2, 0) is 25.5 Å². The highest BCUT2D eigenvalue weighted by atomic mass is 16.6. The second kappa shape index (κ2) is 8.10. The quantitative estimate of drug-likeness (QED) is 0.250. The number of carbonyl (C=O) groups excluding carboxylic acids is 4. The summed E-state index contributed by atoms with van der Waals surface area (Å²) in [5, 5.41) is 55.6. The molecular formula is C31H24O11. The van der Waals surface area contributed by atoms with E-state index in [1.807, 2.05) is 0 Å². The van der Waals surface area contributed by atoms with E-state index >= 15 is 0 Å². The number of ketones is 3. The first-order valence-electron chi connectivity index (χ1n) is 13.3. The third kappa shape index (κ3) is 2.83. The van der Waals surface area contributed by atoms with Crippen LogP contribution in [0.3, 0.4) is 0 Å². The molecule has 1 heterocycles. The Balaban J connectivity index is 1.53. The summed E-state index contributed by atoms with van der Waals surface area (Å²) in [5.74, 6) is -6.98. The van der Waals surface area contributed by atoms with Gasteiger partial charge in [0.2, 0.25) is 0 Å². The maximum atomic E-state index is 14.2. The van der Waals surface area contributed by atoms with Crippen LogP contribution in [0.15, 0.2) is 41.5 Å². The number of hydrogen-bond donors (Lipinski definition) is 5. The molecular weight excluding hydrogens is 548 g/mol. The molecule has 1 aliphatic heterocycles. The summed E-state index contributed by atoms with van der Waals surface area (Å²) in [4.78, 5) is 54.5. The number of carbonyl (C=O) groups is 4. The lowest BCUT2D eigenvalue weighted by atomic mass is 9.62. The predicted octanol–water partition coefficient (Wildman–Crippen LogP) is 2.63. The third-order valence-electron chi connectivity index (χ3n) is 9.09. The number of methoxy groups -OCH3 is 1. The topological polar surface area (TPSA) is 188 Å². The average molecular weight is 573 g/mol. The van der Waals surface area contributed by atoms with Gasteiger partial charge in [-0.1, -0.05) is 12.2 Å². The molecule has 2 aromatic rings.